The van der Waals surface area contributed by atoms with E-state index < -0.39 is 0 Å². The van der Waals surface area contributed by atoms with Gasteiger partial charge in [-0.25, -0.2) is 0 Å². The van der Waals surface area contributed by atoms with Crippen molar-refractivity contribution in [2.45, 2.75) is 70.3 Å². The van der Waals surface area contributed by atoms with Gasteiger partial charge in [-0.05, 0) is 74.3 Å². The number of ether oxygens (including phenoxy) is 1. The van der Waals surface area contributed by atoms with Crippen LogP contribution in [0.1, 0.15) is 74.8 Å². The normalized spacial score (nSPS) is 20.7. The molecule has 0 heterocycles. The average Bonchev–Trinajstić information content (AvgIpc) is 2.63. The van der Waals surface area contributed by atoms with Crippen molar-refractivity contribution in [1.29, 1.82) is 0 Å². The number of unbranched alkanes of at least 4 members (excludes halogenated alkanes) is 2. The molecule has 0 bridgehead atoms. The van der Waals surface area contributed by atoms with Crippen LogP contribution in [0.4, 0.5) is 0 Å². The third-order valence-electron chi connectivity index (χ3n) is 5.28. The molecule has 0 unspecified atom stereocenters. The Balaban J connectivity index is 1.69. The maximum absolute atomic E-state index is 5.71. The number of rotatable bonds is 11. The first-order valence-corrected chi connectivity index (χ1v) is 9.72. The minimum absolute atomic E-state index is 0.730. The van der Waals surface area contributed by atoms with Crippen molar-refractivity contribution < 1.29 is 4.74 Å². The SMILES string of the molecule is C=CCCCOCc1ccc([C@H]2CC[C@H](CCCC=C)CC2)cc1. The molecular formula is C23H34O. The van der Waals surface area contributed by atoms with Crippen molar-refractivity contribution in [3.63, 3.8) is 0 Å². The molecule has 0 radical (unpaired) electrons. The fourth-order valence-corrected chi connectivity index (χ4v) is 3.74. The highest BCUT2D eigenvalue weighted by Crippen LogP contribution is 2.37. The van der Waals surface area contributed by atoms with Crippen LogP contribution in [-0.4, -0.2) is 6.61 Å². The lowest BCUT2D eigenvalue weighted by atomic mass is 9.77. The van der Waals surface area contributed by atoms with Crippen molar-refractivity contribution in [2.24, 2.45) is 5.92 Å². The maximum atomic E-state index is 5.71. The van der Waals surface area contributed by atoms with E-state index in [2.05, 4.69) is 43.5 Å². The molecule has 1 fully saturated rings. The largest absolute Gasteiger partial charge is 0.377 e. The Labute approximate surface area is 148 Å². The van der Waals surface area contributed by atoms with Gasteiger partial charge in [-0.1, -0.05) is 42.8 Å². The van der Waals surface area contributed by atoms with Crippen LogP contribution in [0.15, 0.2) is 49.6 Å². The van der Waals surface area contributed by atoms with Gasteiger partial charge in [0.15, 0.2) is 0 Å². The van der Waals surface area contributed by atoms with Gasteiger partial charge in [0.05, 0.1) is 6.61 Å². The second-order valence-electron chi connectivity index (χ2n) is 7.16. The van der Waals surface area contributed by atoms with Gasteiger partial charge in [-0.15, -0.1) is 13.2 Å². The van der Waals surface area contributed by atoms with Crippen molar-refractivity contribution in [3.05, 3.63) is 60.7 Å². The molecule has 0 spiro atoms. The Bertz CT molecular complexity index is 465. The van der Waals surface area contributed by atoms with Crippen molar-refractivity contribution in [3.8, 4) is 0 Å². The van der Waals surface area contributed by atoms with Gasteiger partial charge in [0.1, 0.15) is 0 Å². The summed E-state index contributed by atoms with van der Waals surface area (Å²) in [4.78, 5) is 0. The van der Waals surface area contributed by atoms with Gasteiger partial charge in [-0.2, -0.15) is 0 Å². The molecule has 1 aromatic rings. The van der Waals surface area contributed by atoms with Crippen LogP contribution in [0.3, 0.4) is 0 Å². The predicted molar refractivity (Wildman–Crippen MR) is 104 cm³/mol. The minimum atomic E-state index is 0.730. The molecule has 0 aromatic heterocycles. The highest BCUT2D eigenvalue weighted by Gasteiger charge is 2.21. The van der Waals surface area contributed by atoms with Crippen LogP contribution < -0.4 is 0 Å². The molecule has 1 nitrogen and oxygen atoms in total. The molecule has 1 aromatic carbocycles. The summed E-state index contributed by atoms with van der Waals surface area (Å²) in [6.45, 7) is 9.11. The first-order chi connectivity index (χ1) is 11.8. The van der Waals surface area contributed by atoms with Crippen LogP contribution in [0.25, 0.3) is 0 Å². The molecule has 2 rings (SSSR count). The fraction of sp³-hybridized carbons (Fsp3) is 0.565. The summed E-state index contributed by atoms with van der Waals surface area (Å²) in [6, 6.07) is 9.15. The van der Waals surface area contributed by atoms with Crippen LogP contribution in [0.2, 0.25) is 0 Å². The van der Waals surface area contributed by atoms with E-state index in [0.29, 0.717) is 0 Å². The summed E-state index contributed by atoms with van der Waals surface area (Å²) in [5.41, 5.74) is 2.81. The van der Waals surface area contributed by atoms with E-state index in [1.807, 2.05) is 6.08 Å². The lowest BCUT2D eigenvalue weighted by Gasteiger charge is -2.29. The van der Waals surface area contributed by atoms with Gasteiger partial charge in [-0.3, -0.25) is 0 Å². The maximum Gasteiger partial charge on any atom is 0.0716 e. The van der Waals surface area contributed by atoms with Gasteiger partial charge in [0.25, 0.3) is 0 Å². The highest BCUT2D eigenvalue weighted by atomic mass is 16.5. The van der Waals surface area contributed by atoms with E-state index in [4.69, 9.17) is 4.74 Å². The number of benzene rings is 1. The average molecular weight is 327 g/mol. The molecular weight excluding hydrogens is 292 g/mol. The Morgan fingerprint density at radius 3 is 2.25 bits per heavy atom. The van der Waals surface area contributed by atoms with Crippen molar-refractivity contribution >= 4 is 0 Å². The van der Waals surface area contributed by atoms with E-state index in [0.717, 1.165) is 37.9 Å². The molecule has 132 valence electrons. The molecule has 24 heavy (non-hydrogen) atoms. The second kappa shape index (κ2) is 11.3. The van der Waals surface area contributed by atoms with Gasteiger partial charge in [0, 0.05) is 6.61 Å². The van der Waals surface area contributed by atoms with Crippen LogP contribution in [-0.2, 0) is 11.3 Å². The minimum Gasteiger partial charge on any atom is -0.377 e. The van der Waals surface area contributed by atoms with Crippen molar-refractivity contribution in [2.75, 3.05) is 6.61 Å². The van der Waals surface area contributed by atoms with Gasteiger partial charge >= 0.3 is 0 Å². The lowest BCUT2D eigenvalue weighted by molar-refractivity contribution is 0.119. The first kappa shape index (κ1) is 19.0. The summed E-state index contributed by atoms with van der Waals surface area (Å²) < 4.78 is 5.71. The summed E-state index contributed by atoms with van der Waals surface area (Å²) in [7, 11) is 0. The third kappa shape index (κ3) is 6.65. The van der Waals surface area contributed by atoms with E-state index in [-0.39, 0.29) is 0 Å². The quantitative estimate of drug-likeness (QED) is 0.321. The fourth-order valence-electron chi connectivity index (χ4n) is 3.74. The predicted octanol–water partition coefficient (Wildman–Crippen LogP) is 6.80. The Morgan fingerprint density at radius 1 is 0.917 bits per heavy atom. The molecule has 0 aliphatic heterocycles. The van der Waals surface area contributed by atoms with Crippen LogP contribution in [0.5, 0.6) is 0 Å². The molecule has 0 N–H and O–H groups in total. The smallest absolute Gasteiger partial charge is 0.0716 e. The standard InChI is InChI=1S/C23H34O/c1-3-5-7-9-20-10-14-22(15-11-20)23-16-12-21(13-17-23)19-24-18-8-6-4-2/h3-4,12-13,16-17,20,22H,1-2,5-11,14-15,18-19H2/t20-,22-. The van der Waals surface area contributed by atoms with E-state index in [9.17, 15) is 0 Å². The summed E-state index contributed by atoms with van der Waals surface area (Å²) in [5, 5.41) is 0. The van der Waals surface area contributed by atoms with E-state index in [1.165, 1.54) is 56.1 Å². The molecule has 1 heteroatoms. The van der Waals surface area contributed by atoms with Crippen LogP contribution in [0, 0.1) is 5.92 Å². The third-order valence-corrected chi connectivity index (χ3v) is 5.28. The van der Waals surface area contributed by atoms with E-state index >= 15 is 0 Å². The summed E-state index contributed by atoms with van der Waals surface area (Å²) in [6.07, 6.45) is 15.5. The van der Waals surface area contributed by atoms with Crippen LogP contribution >= 0.6 is 0 Å². The van der Waals surface area contributed by atoms with Gasteiger partial charge < -0.3 is 4.74 Å². The summed E-state index contributed by atoms with van der Waals surface area (Å²) >= 11 is 0. The van der Waals surface area contributed by atoms with Gasteiger partial charge in [0.2, 0.25) is 0 Å². The van der Waals surface area contributed by atoms with E-state index in [1.54, 1.807) is 0 Å². The zero-order valence-electron chi connectivity index (χ0n) is 15.2. The molecule has 1 aliphatic rings. The number of allylic oxidation sites excluding steroid dienone is 2. The Kier molecular flexibility index (Phi) is 8.91. The molecule has 1 aliphatic carbocycles. The monoisotopic (exact) mass is 326 g/mol. The topological polar surface area (TPSA) is 9.23 Å². The number of hydrogen-bond donors (Lipinski definition) is 0. The Morgan fingerprint density at radius 2 is 1.58 bits per heavy atom. The first-order valence-electron chi connectivity index (χ1n) is 9.72. The highest BCUT2D eigenvalue weighted by molar-refractivity contribution is 5.25. The zero-order chi connectivity index (χ0) is 17.0. The molecule has 0 saturated heterocycles. The lowest BCUT2D eigenvalue weighted by Crippen LogP contribution is -2.13. The molecule has 1 saturated carbocycles. The molecule has 0 amide bonds. The second-order valence-corrected chi connectivity index (χ2v) is 7.16. The summed E-state index contributed by atoms with van der Waals surface area (Å²) in [5.74, 6) is 1.72. The van der Waals surface area contributed by atoms with Crippen molar-refractivity contribution in [1.82, 2.24) is 0 Å². The Hall–Kier alpha value is -1.34. The molecule has 0 atom stereocenters. The zero-order valence-corrected chi connectivity index (χ0v) is 15.2. The number of hydrogen-bond acceptors (Lipinski definition) is 1.